The van der Waals surface area contributed by atoms with Crippen molar-refractivity contribution in [2.24, 2.45) is 0 Å². The fourth-order valence-electron chi connectivity index (χ4n) is 2.86. The van der Waals surface area contributed by atoms with Gasteiger partial charge in [-0.1, -0.05) is 24.3 Å². The van der Waals surface area contributed by atoms with Crippen molar-refractivity contribution >= 4 is 17.5 Å². The number of hydrogen-bond acceptors (Lipinski definition) is 3. The summed E-state index contributed by atoms with van der Waals surface area (Å²) in [7, 11) is 1.61. The van der Waals surface area contributed by atoms with Crippen molar-refractivity contribution in [3.05, 3.63) is 95.3 Å². The number of nitrogens with one attached hydrogen (secondary N) is 2. The average molecular weight is 392 g/mol. The number of carbonyl (C=O) groups is 2. The van der Waals surface area contributed by atoms with Gasteiger partial charge in [-0.25, -0.2) is 4.39 Å². The number of rotatable bonds is 7. The Morgan fingerprint density at radius 3 is 2.31 bits per heavy atom. The lowest BCUT2D eigenvalue weighted by molar-refractivity contribution is 0.0954. The Morgan fingerprint density at radius 1 is 0.897 bits per heavy atom. The van der Waals surface area contributed by atoms with Crippen LogP contribution >= 0.6 is 0 Å². The molecule has 0 bridgehead atoms. The summed E-state index contributed by atoms with van der Waals surface area (Å²) in [6.07, 6.45) is 0.625. The van der Waals surface area contributed by atoms with Crippen molar-refractivity contribution in [3.8, 4) is 5.75 Å². The minimum absolute atomic E-state index is 0.267. The van der Waals surface area contributed by atoms with Gasteiger partial charge in [0.25, 0.3) is 11.8 Å². The topological polar surface area (TPSA) is 67.4 Å². The van der Waals surface area contributed by atoms with E-state index in [1.165, 1.54) is 30.3 Å². The number of ether oxygens (including phenoxy) is 1. The van der Waals surface area contributed by atoms with Gasteiger partial charge in [0.05, 0.1) is 7.11 Å². The Balaban J connectivity index is 1.60. The Hall–Kier alpha value is -3.67. The monoisotopic (exact) mass is 392 g/mol. The molecule has 2 N–H and O–H groups in total. The predicted molar refractivity (Wildman–Crippen MR) is 110 cm³/mol. The van der Waals surface area contributed by atoms with E-state index in [2.05, 4.69) is 10.6 Å². The SMILES string of the molecule is COc1ccccc1CCNC(=O)c1cccc(C(=O)Nc2ccc(F)cc2)c1. The van der Waals surface area contributed by atoms with Gasteiger partial charge in [-0.15, -0.1) is 0 Å². The van der Waals surface area contributed by atoms with E-state index in [1.807, 2.05) is 24.3 Å². The molecule has 0 aromatic heterocycles. The van der Waals surface area contributed by atoms with Crippen molar-refractivity contribution in [1.82, 2.24) is 5.32 Å². The molecule has 0 aliphatic carbocycles. The van der Waals surface area contributed by atoms with Gasteiger partial charge < -0.3 is 15.4 Å². The van der Waals surface area contributed by atoms with Crippen molar-refractivity contribution in [2.75, 3.05) is 19.0 Å². The summed E-state index contributed by atoms with van der Waals surface area (Å²) in [5.74, 6) is -0.243. The Bertz CT molecular complexity index is 1000. The maximum absolute atomic E-state index is 13.0. The number of para-hydroxylation sites is 1. The number of anilines is 1. The van der Waals surface area contributed by atoms with E-state index in [1.54, 1.807) is 25.3 Å². The second-order valence-corrected chi connectivity index (χ2v) is 6.36. The van der Waals surface area contributed by atoms with Crippen LogP contribution in [-0.2, 0) is 6.42 Å². The molecule has 0 atom stereocenters. The van der Waals surface area contributed by atoms with Crippen LogP contribution in [0.3, 0.4) is 0 Å². The molecule has 0 aliphatic rings. The van der Waals surface area contributed by atoms with Crippen LogP contribution in [0, 0.1) is 5.82 Å². The maximum atomic E-state index is 13.0. The van der Waals surface area contributed by atoms with E-state index < -0.39 is 0 Å². The molecule has 0 saturated heterocycles. The van der Waals surface area contributed by atoms with Crippen LogP contribution in [0.5, 0.6) is 5.75 Å². The number of methoxy groups -OCH3 is 1. The molecule has 6 heteroatoms. The minimum Gasteiger partial charge on any atom is -0.496 e. The normalized spacial score (nSPS) is 10.3. The maximum Gasteiger partial charge on any atom is 0.255 e. The lowest BCUT2D eigenvalue weighted by Crippen LogP contribution is -2.26. The smallest absolute Gasteiger partial charge is 0.255 e. The van der Waals surface area contributed by atoms with Gasteiger partial charge in [-0.05, 0) is 60.5 Å². The fourth-order valence-corrected chi connectivity index (χ4v) is 2.86. The van der Waals surface area contributed by atoms with E-state index in [0.717, 1.165) is 11.3 Å². The highest BCUT2D eigenvalue weighted by Crippen LogP contribution is 2.17. The van der Waals surface area contributed by atoms with Gasteiger partial charge in [-0.2, -0.15) is 0 Å². The van der Waals surface area contributed by atoms with Crippen molar-refractivity contribution in [3.63, 3.8) is 0 Å². The summed E-state index contributed by atoms with van der Waals surface area (Å²) < 4.78 is 18.3. The molecule has 3 aromatic rings. The molecule has 148 valence electrons. The van der Waals surface area contributed by atoms with Crippen LogP contribution in [0.1, 0.15) is 26.3 Å². The van der Waals surface area contributed by atoms with Gasteiger partial charge in [0.15, 0.2) is 0 Å². The Kier molecular flexibility index (Phi) is 6.58. The van der Waals surface area contributed by atoms with E-state index in [-0.39, 0.29) is 17.6 Å². The van der Waals surface area contributed by atoms with E-state index >= 15 is 0 Å². The highest BCUT2D eigenvalue weighted by molar-refractivity contribution is 6.06. The molecule has 2 amide bonds. The summed E-state index contributed by atoms with van der Waals surface area (Å²) >= 11 is 0. The minimum atomic E-state index is -0.380. The summed E-state index contributed by atoms with van der Waals surface area (Å²) in [6, 6.07) is 19.5. The molecule has 0 fully saturated rings. The molecule has 0 unspecified atom stereocenters. The Labute approximate surface area is 168 Å². The standard InChI is InChI=1S/C23H21FN2O3/c1-29-21-8-3-2-5-16(21)13-14-25-22(27)17-6-4-7-18(15-17)23(28)26-20-11-9-19(24)10-12-20/h2-12,15H,13-14H2,1H3,(H,25,27)(H,26,28). The van der Waals surface area contributed by atoms with Crippen LogP contribution in [0.15, 0.2) is 72.8 Å². The van der Waals surface area contributed by atoms with Crippen molar-refractivity contribution in [1.29, 1.82) is 0 Å². The molecule has 0 aliphatic heterocycles. The first kappa shape index (κ1) is 20.1. The van der Waals surface area contributed by atoms with Gasteiger partial charge in [-0.3, -0.25) is 9.59 Å². The largest absolute Gasteiger partial charge is 0.496 e. The van der Waals surface area contributed by atoms with Crippen molar-refractivity contribution < 1.29 is 18.7 Å². The highest BCUT2D eigenvalue weighted by Gasteiger charge is 2.11. The zero-order chi connectivity index (χ0) is 20.6. The zero-order valence-corrected chi connectivity index (χ0v) is 15.9. The quantitative estimate of drug-likeness (QED) is 0.637. The van der Waals surface area contributed by atoms with Gasteiger partial charge in [0, 0.05) is 23.4 Å². The molecular formula is C23H21FN2O3. The molecule has 3 aromatic carbocycles. The van der Waals surface area contributed by atoms with E-state index in [9.17, 15) is 14.0 Å². The summed E-state index contributed by atoms with van der Waals surface area (Å²) in [5.41, 5.74) is 2.20. The first-order valence-corrected chi connectivity index (χ1v) is 9.14. The number of amides is 2. The second-order valence-electron chi connectivity index (χ2n) is 6.36. The van der Waals surface area contributed by atoms with E-state index in [0.29, 0.717) is 29.8 Å². The van der Waals surface area contributed by atoms with Crippen LogP contribution < -0.4 is 15.4 Å². The molecular weight excluding hydrogens is 371 g/mol. The third-order valence-corrected chi connectivity index (χ3v) is 4.36. The van der Waals surface area contributed by atoms with E-state index in [4.69, 9.17) is 4.74 Å². The average Bonchev–Trinajstić information content (AvgIpc) is 2.75. The lowest BCUT2D eigenvalue weighted by Gasteiger charge is -2.10. The van der Waals surface area contributed by atoms with Crippen LogP contribution in [-0.4, -0.2) is 25.5 Å². The van der Waals surface area contributed by atoms with Crippen molar-refractivity contribution in [2.45, 2.75) is 6.42 Å². The molecule has 0 heterocycles. The van der Waals surface area contributed by atoms with Crippen LogP contribution in [0.25, 0.3) is 0 Å². The fraction of sp³-hybridized carbons (Fsp3) is 0.130. The lowest BCUT2D eigenvalue weighted by atomic mass is 10.1. The van der Waals surface area contributed by atoms with Gasteiger partial charge in [0.2, 0.25) is 0 Å². The number of hydrogen-bond donors (Lipinski definition) is 2. The highest BCUT2D eigenvalue weighted by atomic mass is 19.1. The Morgan fingerprint density at radius 2 is 1.59 bits per heavy atom. The second kappa shape index (κ2) is 9.50. The predicted octanol–water partition coefficient (Wildman–Crippen LogP) is 4.06. The number of halogens is 1. The number of carbonyl (C=O) groups excluding carboxylic acids is 2. The first-order chi connectivity index (χ1) is 14.1. The molecule has 0 saturated carbocycles. The summed E-state index contributed by atoms with van der Waals surface area (Å²) in [5, 5.41) is 5.53. The molecule has 29 heavy (non-hydrogen) atoms. The zero-order valence-electron chi connectivity index (χ0n) is 15.9. The molecule has 0 radical (unpaired) electrons. The van der Waals surface area contributed by atoms with Gasteiger partial charge >= 0.3 is 0 Å². The molecule has 0 spiro atoms. The van der Waals surface area contributed by atoms with Crippen LogP contribution in [0.4, 0.5) is 10.1 Å². The summed E-state index contributed by atoms with van der Waals surface area (Å²) in [6.45, 7) is 0.436. The van der Waals surface area contributed by atoms with Crippen LogP contribution in [0.2, 0.25) is 0 Å². The number of benzene rings is 3. The third-order valence-electron chi connectivity index (χ3n) is 4.36. The first-order valence-electron chi connectivity index (χ1n) is 9.14. The van der Waals surface area contributed by atoms with Gasteiger partial charge in [0.1, 0.15) is 11.6 Å². The summed E-state index contributed by atoms with van der Waals surface area (Å²) in [4.78, 5) is 24.8. The third kappa shape index (κ3) is 5.42. The molecule has 3 rings (SSSR count). The molecule has 5 nitrogen and oxygen atoms in total.